The Morgan fingerprint density at radius 1 is 1.10 bits per heavy atom. The highest BCUT2D eigenvalue weighted by Crippen LogP contribution is 2.25. The lowest BCUT2D eigenvalue weighted by atomic mass is 10.1. The van der Waals surface area contributed by atoms with Crippen molar-refractivity contribution in [3.05, 3.63) is 63.6 Å². The molecular weight excluding hydrogens is 319 g/mol. The van der Waals surface area contributed by atoms with E-state index in [0.29, 0.717) is 20.5 Å². The van der Waals surface area contributed by atoms with Crippen LogP contribution in [-0.4, -0.2) is 15.3 Å². The van der Waals surface area contributed by atoms with E-state index in [0.717, 1.165) is 0 Å². The Morgan fingerprint density at radius 2 is 1.80 bits per heavy atom. The summed E-state index contributed by atoms with van der Waals surface area (Å²) < 4.78 is 12.3. The summed E-state index contributed by atoms with van der Waals surface area (Å²) in [6.07, 6.45) is 0. The molecule has 0 amide bonds. The largest absolute Gasteiger partial charge is 0.478 e. The average molecular weight is 329 g/mol. The summed E-state index contributed by atoms with van der Waals surface area (Å²) in [5, 5.41) is 9.80. The highest BCUT2D eigenvalue weighted by atomic mass is 35.5. The third-order valence-electron chi connectivity index (χ3n) is 2.69. The number of carboxylic acids is 1. The van der Waals surface area contributed by atoms with Crippen molar-refractivity contribution in [3.8, 4) is 0 Å². The lowest BCUT2D eigenvalue weighted by molar-refractivity contribution is 0.0696. The van der Waals surface area contributed by atoms with Crippen molar-refractivity contribution in [1.29, 1.82) is 0 Å². The Morgan fingerprint density at radius 3 is 2.45 bits per heavy atom. The van der Waals surface area contributed by atoms with Gasteiger partial charge in [0.15, 0.2) is 0 Å². The maximum Gasteiger partial charge on any atom is 0.335 e. The predicted molar refractivity (Wildman–Crippen MR) is 80.0 cm³/mol. The molecule has 1 N–H and O–H groups in total. The summed E-state index contributed by atoms with van der Waals surface area (Å²) >= 11 is 11.7. The molecule has 104 valence electrons. The van der Waals surface area contributed by atoms with E-state index in [1.807, 2.05) is 0 Å². The predicted octanol–water partition coefficient (Wildman–Crippen LogP) is 4.00. The number of aromatic carboxylic acids is 1. The Bertz CT molecular complexity index is 686. The fourth-order valence-corrected chi connectivity index (χ4v) is 3.23. The van der Waals surface area contributed by atoms with Crippen molar-refractivity contribution in [3.63, 3.8) is 0 Å². The molecular formula is C14H10Cl2O3S. The Labute approximate surface area is 128 Å². The van der Waals surface area contributed by atoms with Gasteiger partial charge in [-0.15, -0.1) is 0 Å². The monoisotopic (exact) mass is 328 g/mol. The van der Waals surface area contributed by atoms with Crippen LogP contribution < -0.4 is 0 Å². The minimum absolute atomic E-state index is 0.112. The first-order valence-electron chi connectivity index (χ1n) is 5.63. The summed E-state index contributed by atoms with van der Waals surface area (Å²) in [6.45, 7) is 0. The molecule has 0 radical (unpaired) electrons. The van der Waals surface area contributed by atoms with Crippen LogP contribution in [0.4, 0.5) is 0 Å². The molecule has 3 nitrogen and oxygen atoms in total. The van der Waals surface area contributed by atoms with Gasteiger partial charge in [-0.25, -0.2) is 4.79 Å². The second kappa shape index (κ2) is 6.39. The van der Waals surface area contributed by atoms with Crippen LogP contribution in [0.25, 0.3) is 0 Å². The molecule has 0 aliphatic carbocycles. The van der Waals surface area contributed by atoms with Crippen molar-refractivity contribution in [1.82, 2.24) is 0 Å². The maximum absolute atomic E-state index is 12.3. The Hall–Kier alpha value is -1.36. The minimum atomic E-state index is -1.39. The van der Waals surface area contributed by atoms with Crippen LogP contribution in [0.2, 0.25) is 10.0 Å². The Balaban J connectivity index is 2.28. The van der Waals surface area contributed by atoms with Crippen LogP contribution in [0, 0.1) is 0 Å². The number of hydrogen-bond donors (Lipinski definition) is 1. The van der Waals surface area contributed by atoms with E-state index in [1.54, 1.807) is 30.3 Å². The topological polar surface area (TPSA) is 54.4 Å². The third-order valence-corrected chi connectivity index (χ3v) is 4.78. The summed E-state index contributed by atoms with van der Waals surface area (Å²) in [4.78, 5) is 11.6. The summed E-state index contributed by atoms with van der Waals surface area (Å²) in [5.74, 6) is -0.924. The third kappa shape index (κ3) is 3.39. The molecule has 0 spiro atoms. The zero-order valence-corrected chi connectivity index (χ0v) is 12.5. The normalized spacial score (nSPS) is 12.1. The summed E-state index contributed by atoms with van der Waals surface area (Å²) in [5.41, 5.74) is 0.672. The van der Waals surface area contributed by atoms with Gasteiger partial charge in [-0.2, -0.15) is 0 Å². The van der Waals surface area contributed by atoms with Gasteiger partial charge in [0.25, 0.3) is 0 Å². The second-order valence-corrected chi connectivity index (χ2v) is 6.29. The highest BCUT2D eigenvalue weighted by Gasteiger charge is 2.13. The molecule has 0 saturated carbocycles. The molecule has 0 aromatic heterocycles. The van der Waals surface area contributed by atoms with Crippen molar-refractivity contribution < 1.29 is 14.1 Å². The molecule has 2 aromatic rings. The minimum Gasteiger partial charge on any atom is -0.478 e. The number of hydrogen-bond acceptors (Lipinski definition) is 2. The van der Waals surface area contributed by atoms with Crippen molar-refractivity contribution in [2.24, 2.45) is 0 Å². The van der Waals surface area contributed by atoms with Gasteiger partial charge >= 0.3 is 5.97 Å². The van der Waals surface area contributed by atoms with Gasteiger partial charge in [-0.05, 0) is 29.8 Å². The van der Waals surface area contributed by atoms with Gasteiger partial charge in [0.2, 0.25) is 0 Å². The summed E-state index contributed by atoms with van der Waals surface area (Å²) in [6, 6.07) is 11.2. The molecule has 2 aromatic carbocycles. The quantitative estimate of drug-likeness (QED) is 0.922. The fraction of sp³-hybridized carbons (Fsp3) is 0.0714. The van der Waals surface area contributed by atoms with Gasteiger partial charge in [0.05, 0.1) is 32.2 Å². The van der Waals surface area contributed by atoms with Gasteiger partial charge in [0, 0.05) is 4.90 Å². The molecule has 0 fully saturated rings. The van der Waals surface area contributed by atoms with Crippen LogP contribution in [0.1, 0.15) is 15.9 Å². The molecule has 20 heavy (non-hydrogen) atoms. The van der Waals surface area contributed by atoms with Crippen LogP contribution in [0.3, 0.4) is 0 Å². The van der Waals surface area contributed by atoms with E-state index in [-0.39, 0.29) is 11.3 Å². The van der Waals surface area contributed by atoms with Crippen molar-refractivity contribution in [2.45, 2.75) is 10.6 Å². The van der Waals surface area contributed by atoms with Crippen LogP contribution in [0.5, 0.6) is 0 Å². The van der Waals surface area contributed by atoms with E-state index in [9.17, 15) is 9.00 Å². The molecule has 0 saturated heterocycles. The lowest BCUT2D eigenvalue weighted by Gasteiger charge is -2.07. The van der Waals surface area contributed by atoms with E-state index in [4.69, 9.17) is 28.3 Å². The standard InChI is InChI=1S/C14H10Cl2O3S/c15-12-6-5-10(7-13(12)16)20(19)8-9-3-1-2-4-11(9)14(17)18/h1-7H,8H2,(H,17,18). The Kier molecular flexibility index (Phi) is 4.81. The van der Waals surface area contributed by atoms with Crippen LogP contribution in [0.15, 0.2) is 47.4 Å². The zero-order valence-electron chi connectivity index (χ0n) is 10.2. The van der Waals surface area contributed by atoms with E-state index < -0.39 is 16.8 Å². The molecule has 0 aliphatic heterocycles. The van der Waals surface area contributed by atoms with Crippen molar-refractivity contribution >= 4 is 40.0 Å². The first-order valence-corrected chi connectivity index (χ1v) is 7.71. The first kappa shape index (κ1) is 15.0. The number of rotatable bonds is 4. The molecule has 1 unspecified atom stereocenters. The number of halogens is 2. The maximum atomic E-state index is 12.3. The molecule has 0 heterocycles. The number of carbonyl (C=O) groups is 1. The molecule has 0 aliphatic rings. The SMILES string of the molecule is O=C(O)c1ccccc1CS(=O)c1ccc(Cl)c(Cl)c1. The van der Waals surface area contributed by atoms with E-state index >= 15 is 0 Å². The van der Waals surface area contributed by atoms with Gasteiger partial charge < -0.3 is 5.11 Å². The first-order chi connectivity index (χ1) is 9.49. The molecule has 1 atom stereocenters. The van der Waals surface area contributed by atoms with Crippen molar-refractivity contribution in [2.75, 3.05) is 0 Å². The number of carboxylic acid groups (broad SMARTS) is 1. The van der Waals surface area contributed by atoms with Crippen LogP contribution >= 0.6 is 23.2 Å². The van der Waals surface area contributed by atoms with E-state index in [2.05, 4.69) is 0 Å². The van der Waals surface area contributed by atoms with E-state index in [1.165, 1.54) is 12.1 Å². The van der Waals surface area contributed by atoms with Crippen LogP contribution in [-0.2, 0) is 16.6 Å². The zero-order chi connectivity index (χ0) is 14.7. The highest BCUT2D eigenvalue weighted by molar-refractivity contribution is 7.84. The van der Waals surface area contributed by atoms with Gasteiger partial charge in [-0.3, -0.25) is 4.21 Å². The smallest absolute Gasteiger partial charge is 0.335 e. The summed E-state index contributed by atoms with van der Waals surface area (Å²) in [7, 11) is -1.39. The molecule has 6 heteroatoms. The lowest BCUT2D eigenvalue weighted by Crippen LogP contribution is -2.05. The van der Waals surface area contributed by atoms with Gasteiger partial charge in [-0.1, -0.05) is 41.4 Å². The second-order valence-electron chi connectivity index (χ2n) is 4.03. The average Bonchev–Trinajstić information content (AvgIpc) is 2.42. The van der Waals surface area contributed by atoms with Gasteiger partial charge in [0.1, 0.15) is 0 Å². The molecule has 0 bridgehead atoms. The fourth-order valence-electron chi connectivity index (χ4n) is 1.70. The number of benzene rings is 2. The molecule has 2 rings (SSSR count).